The van der Waals surface area contributed by atoms with Crippen molar-refractivity contribution in [2.75, 3.05) is 5.43 Å². The monoisotopic (exact) mass is 303 g/mol. The van der Waals surface area contributed by atoms with Crippen LogP contribution in [0.25, 0.3) is 0 Å². The lowest BCUT2D eigenvalue weighted by Gasteiger charge is -2.24. The van der Waals surface area contributed by atoms with Gasteiger partial charge in [0, 0.05) is 6.20 Å². The lowest BCUT2D eigenvalue weighted by atomic mass is 10.0. The minimum atomic E-state index is -4.88. The first-order valence-electron chi connectivity index (χ1n) is 5.81. The molecule has 10 heteroatoms. The Balaban J connectivity index is 2.25. The maximum Gasteiger partial charge on any atom is 0.420 e. The van der Waals surface area contributed by atoms with Crippen LogP contribution in [0.15, 0.2) is 18.3 Å². The predicted molar refractivity (Wildman–Crippen MR) is 65.6 cm³/mol. The van der Waals surface area contributed by atoms with E-state index in [1.54, 1.807) is 5.32 Å². The Morgan fingerprint density at radius 1 is 1.48 bits per heavy atom. The van der Waals surface area contributed by atoms with Gasteiger partial charge in [-0.25, -0.2) is 15.6 Å². The Morgan fingerprint density at radius 3 is 2.67 bits per heavy atom. The number of carbonyl (C=O) groups excluding carboxylic acids is 2. The molecule has 1 aliphatic rings. The van der Waals surface area contributed by atoms with E-state index in [4.69, 9.17) is 5.84 Å². The van der Waals surface area contributed by atoms with Crippen molar-refractivity contribution in [2.24, 2.45) is 5.84 Å². The second-order valence-electron chi connectivity index (χ2n) is 4.64. The summed E-state index contributed by atoms with van der Waals surface area (Å²) < 4.78 is 38.7. The zero-order valence-electron chi connectivity index (χ0n) is 10.9. The molecule has 1 aromatic rings. The first kappa shape index (κ1) is 15.0. The third-order valence-corrected chi connectivity index (χ3v) is 3.15. The Bertz CT molecular complexity index is 591. The predicted octanol–water partition coefficient (Wildman–Crippen LogP) is 0.740. The number of nitrogens with two attached hydrogens (primary N) is 1. The fraction of sp³-hybridized carbons (Fsp3) is 0.364. The van der Waals surface area contributed by atoms with Crippen LogP contribution < -0.4 is 16.6 Å². The van der Waals surface area contributed by atoms with E-state index in [0.717, 1.165) is 0 Å². The molecular formula is C11H12F3N5O2. The third-order valence-electron chi connectivity index (χ3n) is 3.15. The van der Waals surface area contributed by atoms with Gasteiger partial charge < -0.3 is 10.7 Å². The lowest BCUT2D eigenvalue weighted by molar-refractivity contribution is -0.191. The number of urea groups is 1. The molecule has 2 rings (SSSR count). The molecule has 0 aromatic carbocycles. The van der Waals surface area contributed by atoms with Crippen molar-refractivity contribution < 1.29 is 22.8 Å². The van der Waals surface area contributed by atoms with Gasteiger partial charge in [0.25, 0.3) is 5.91 Å². The number of amides is 3. The molecule has 0 aliphatic carbocycles. The van der Waals surface area contributed by atoms with E-state index >= 15 is 0 Å². The molecule has 21 heavy (non-hydrogen) atoms. The first-order chi connectivity index (χ1) is 9.69. The molecule has 0 spiro atoms. The van der Waals surface area contributed by atoms with Gasteiger partial charge in [0.15, 0.2) is 0 Å². The Hall–Kier alpha value is -2.36. The summed E-state index contributed by atoms with van der Waals surface area (Å²) in [6.45, 7) is 0.320. The van der Waals surface area contributed by atoms with Gasteiger partial charge in [-0.3, -0.25) is 9.69 Å². The molecule has 0 saturated carbocycles. The number of nitrogens with one attached hydrogen (secondary N) is 2. The summed E-state index contributed by atoms with van der Waals surface area (Å²) in [5.74, 6) is 4.07. The average Bonchev–Trinajstić information content (AvgIpc) is 2.63. The van der Waals surface area contributed by atoms with Crippen molar-refractivity contribution in [3.05, 3.63) is 23.9 Å². The minimum absolute atomic E-state index is 0.262. The number of carbonyl (C=O) groups is 2. The topological polar surface area (TPSA) is 100 Å². The molecule has 1 aliphatic heterocycles. The largest absolute Gasteiger partial charge is 0.420 e. The Labute approximate surface area is 117 Å². The van der Waals surface area contributed by atoms with Gasteiger partial charge in [-0.15, -0.1) is 0 Å². The molecule has 1 atom stereocenters. The van der Waals surface area contributed by atoms with E-state index in [0.29, 0.717) is 17.4 Å². The number of pyridine rings is 1. The van der Waals surface area contributed by atoms with Gasteiger partial charge in [0.05, 0.1) is 6.54 Å². The quantitative estimate of drug-likeness (QED) is 0.434. The third kappa shape index (κ3) is 2.49. The van der Waals surface area contributed by atoms with Crippen LogP contribution in [0.1, 0.15) is 12.5 Å². The van der Waals surface area contributed by atoms with Crippen molar-refractivity contribution >= 4 is 17.8 Å². The second-order valence-corrected chi connectivity index (χ2v) is 4.64. The van der Waals surface area contributed by atoms with E-state index in [-0.39, 0.29) is 12.4 Å². The maximum atomic E-state index is 12.9. The zero-order valence-corrected chi connectivity index (χ0v) is 10.9. The molecule has 1 saturated heterocycles. The van der Waals surface area contributed by atoms with Gasteiger partial charge >= 0.3 is 12.2 Å². The highest BCUT2D eigenvalue weighted by Gasteiger charge is 2.64. The van der Waals surface area contributed by atoms with Gasteiger partial charge in [-0.05, 0) is 24.6 Å². The van der Waals surface area contributed by atoms with Crippen LogP contribution in [0.3, 0.4) is 0 Å². The first-order valence-corrected chi connectivity index (χ1v) is 5.81. The number of hydrogen-bond donors (Lipinski definition) is 3. The summed E-state index contributed by atoms with van der Waals surface area (Å²) >= 11 is 0. The standard InChI is InChI=1S/C11H12F3N5O2/c1-10(11(12,13)14)8(20)19(9(21)17-10)5-6-2-3-16-7(4-6)18-15/h2-4H,5,15H2,1H3,(H,16,18)(H,17,21). The van der Waals surface area contributed by atoms with Crippen LogP contribution >= 0.6 is 0 Å². The number of halogens is 3. The van der Waals surface area contributed by atoms with Gasteiger partial charge in [-0.2, -0.15) is 13.2 Å². The molecule has 1 aromatic heterocycles. The number of rotatable bonds is 3. The minimum Gasteiger partial charge on any atom is -0.316 e. The summed E-state index contributed by atoms with van der Waals surface area (Å²) in [6.07, 6.45) is -3.53. The highest BCUT2D eigenvalue weighted by atomic mass is 19.4. The van der Waals surface area contributed by atoms with Crippen LogP contribution in [-0.2, 0) is 11.3 Å². The lowest BCUT2D eigenvalue weighted by Crippen LogP contribution is -2.56. The molecule has 1 unspecified atom stereocenters. The number of nitrogens with zero attached hydrogens (tertiary/aromatic N) is 2. The van der Waals surface area contributed by atoms with Crippen molar-refractivity contribution in [1.29, 1.82) is 0 Å². The fourth-order valence-corrected chi connectivity index (χ4v) is 1.87. The van der Waals surface area contributed by atoms with E-state index in [9.17, 15) is 22.8 Å². The molecule has 7 nitrogen and oxygen atoms in total. The summed E-state index contributed by atoms with van der Waals surface area (Å²) in [6, 6.07) is 1.79. The van der Waals surface area contributed by atoms with Crippen LogP contribution in [0.4, 0.5) is 23.8 Å². The van der Waals surface area contributed by atoms with Crippen molar-refractivity contribution in [3.63, 3.8) is 0 Å². The molecule has 114 valence electrons. The molecule has 3 amide bonds. The number of hydrazine groups is 1. The highest BCUT2D eigenvalue weighted by molar-refractivity contribution is 6.07. The molecule has 4 N–H and O–H groups in total. The van der Waals surface area contributed by atoms with E-state index in [1.807, 2.05) is 0 Å². The van der Waals surface area contributed by atoms with Crippen molar-refractivity contribution in [2.45, 2.75) is 25.2 Å². The Morgan fingerprint density at radius 2 is 2.14 bits per heavy atom. The molecule has 0 radical (unpaired) electrons. The van der Waals surface area contributed by atoms with Gasteiger partial charge in [0.2, 0.25) is 5.54 Å². The fourth-order valence-electron chi connectivity index (χ4n) is 1.87. The number of alkyl halides is 3. The molecule has 0 bridgehead atoms. The van der Waals surface area contributed by atoms with E-state index in [1.165, 1.54) is 18.3 Å². The van der Waals surface area contributed by atoms with Crippen LogP contribution in [-0.4, -0.2) is 33.5 Å². The molecule has 2 heterocycles. The van der Waals surface area contributed by atoms with Gasteiger partial charge in [-0.1, -0.05) is 0 Å². The SMILES string of the molecule is CC1(C(F)(F)F)NC(=O)N(Cc2ccnc(NN)c2)C1=O. The van der Waals surface area contributed by atoms with Crippen molar-refractivity contribution in [3.8, 4) is 0 Å². The zero-order chi connectivity index (χ0) is 15.8. The number of nitrogen functional groups attached to an aromatic ring is 1. The molecular weight excluding hydrogens is 291 g/mol. The Kier molecular flexibility index (Phi) is 3.49. The molecule has 1 fully saturated rings. The smallest absolute Gasteiger partial charge is 0.316 e. The summed E-state index contributed by atoms with van der Waals surface area (Å²) in [7, 11) is 0. The average molecular weight is 303 g/mol. The number of anilines is 1. The van der Waals surface area contributed by atoms with Crippen LogP contribution in [0.2, 0.25) is 0 Å². The number of aromatic nitrogens is 1. The van der Waals surface area contributed by atoms with E-state index in [2.05, 4.69) is 10.4 Å². The van der Waals surface area contributed by atoms with Crippen LogP contribution in [0.5, 0.6) is 0 Å². The highest BCUT2D eigenvalue weighted by Crippen LogP contribution is 2.35. The normalized spacial score (nSPS) is 22.4. The maximum absolute atomic E-state index is 12.9. The summed E-state index contributed by atoms with van der Waals surface area (Å²) in [4.78, 5) is 27.9. The summed E-state index contributed by atoms with van der Waals surface area (Å²) in [5.41, 5.74) is -0.241. The number of imide groups is 1. The summed E-state index contributed by atoms with van der Waals surface area (Å²) in [5, 5.41) is 1.68. The van der Waals surface area contributed by atoms with Gasteiger partial charge in [0.1, 0.15) is 5.82 Å². The van der Waals surface area contributed by atoms with E-state index < -0.39 is 23.7 Å². The van der Waals surface area contributed by atoms with Crippen LogP contribution in [0, 0.1) is 0 Å². The van der Waals surface area contributed by atoms with Crippen molar-refractivity contribution in [1.82, 2.24) is 15.2 Å². The second kappa shape index (κ2) is 4.88. The number of hydrogen-bond acceptors (Lipinski definition) is 5.